The van der Waals surface area contributed by atoms with Crippen molar-refractivity contribution in [3.05, 3.63) is 36.5 Å². The molecule has 2 heteroatoms. The Kier molecular flexibility index (Phi) is 1.25. The normalized spacial score (nSPS) is 10.2. The fourth-order valence-electron chi connectivity index (χ4n) is 1.00. The molecule has 1 aromatic heterocycles. The Bertz CT molecular complexity index is 384. The van der Waals surface area contributed by atoms with Crippen LogP contribution in [0.4, 0.5) is 0 Å². The van der Waals surface area contributed by atoms with Crippen molar-refractivity contribution in [2.45, 2.75) is 0 Å². The molecule has 0 aliphatic heterocycles. The van der Waals surface area contributed by atoms with Gasteiger partial charge in [-0.15, -0.1) is 0 Å². The number of nitrogens with zero attached hydrogens (tertiary/aromatic N) is 1. The molecule has 0 amide bonds. The third-order valence-electron chi connectivity index (χ3n) is 1.54. The first-order valence-corrected chi connectivity index (χ1v) is 3.32. The summed E-state index contributed by atoms with van der Waals surface area (Å²) in [6.45, 7) is 0. The van der Waals surface area contributed by atoms with E-state index in [0.717, 1.165) is 10.9 Å². The van der Waals surface area contributed by atoms with Crippen LogP contribution < -0.4 is 0 Å². The van der Waals surface area contributed by atoms with Crippen molar-refractivity contribution in [2.75, 3.05) is 0 Å². The van der Waals surface area contributed by atoms with Crippen LogP contribution in [0.15, 0.2) is 30.3 Å². The summed E-state index contributed by atoms with van der Waals surface area (Å²) in [4.78, 5) is 3.96. The Morgan fingerprint density at radius 3 is 3.09 bits per heavy atom. The molecule has 0 aliphatic rings. The summed E-state index contributed by atoms with van der Waals surface area (Å²) < 4.78 is 0. The predicted molar refractivity (Wildman–Crippen MR) is 42.2 cm³/mol. The van der Waals surface area contributed by atoms with E-state index in [1.807, 2.05) is 12.1 Å². The number of hydrogen-bond acceptors (Lipinski definition) is 2. The van der Waals surface area contributed by atoms with Crippen molar-refractivity contribution in [3.8, 4) is 5.75 Å². The standard InChI is InChI=1S/C9H6NO/c11-8-4-3-7-2-1-5-10-9(7)6-8/h1-4,6,11H. The molecule has 2 nitrogen and oxygen atoms in total. The van der Waals surface area contributed by atoms with Gasteiger partial charge in [-0.1, -0.05) is 6.07 Å². The average Bonchev–Trinajstić information content (AvgIpc) is 2.04. The smallest absolute Gasteiger partial charge is 0.117 e. The van der Waals surface area contributed by atoms with E-state index in [2.05, 4.69) is 11.2 Å². The van der Waals surface area contributed by atoms with E-state index in [4.69, 9.17) is 5.11 Å². The van der Waals surface area contributed by atoms with E-state index >= 15 is 0 Å². The number of aromatic hydroxyl groups is 1. The van der Waals surface area contributed by atoms with Gasteiger partial charge in [0.25, 0.3) is 0 Å². The molecule has 1 aromatic carbocycles. The molecule has 0 atom stereocenters. The molecule has 53 valence electrons. The van der Waals surface area contributed by atoms with E-state index in [0.29, 0.717) is 0 Å². The first-order valence-electron chi connectivity index (χ1n) is 3.32. The van der Waals surface area contributed by atoms with Crippen molar-refractivity contribution in [1.29, 1.82) is 0 Å². The first kappa shape index (κ1) is 6.16. The zero-order chi connectivity index (χ0) is 7.68. The molecule has 11 heavy (non-hydrogen) atoms. The van der Waals surface area contributed by atoms with Crippen LogP contribution in [0, 0.1) is 6.20 Å². The van der Waals surface area contributed by atoms with Crippen LogP contribution in [0.3, 0.4) is 0 Å². The molecule has 0 spiro atoms. The highest BCUT2D eigenvalue weighted by molar-refractivity contribution is 5.79. The molecular formula is C9H6NO. The lowest BCUT2D eigenvalue weighted by Crippen LogP contribution is -1.75. The average molecular weight is 144 g/mol. The summed E-state index contributed by atoms with van der Waals surface area (Å²) in [5, 5.41) is 10.1. The molecule has 0 bridgehead atoms. The topological polar surface area (TPSA) is 33.1 Å². The number of aromatic nitrogens is 1. The minimum atomic E-state index is 0.240. The van der Waals surface area contributed by atoms with E-state index < -0.39 is 0 Å². The third-order valence-corrected chi connectivity index (χ3v) is 1.54. The number of fused-ring (bicyclic) bond motifs is 1. The van der Waals surface area contributed by atoms with Gasteiger partial charge in [-0.05, 0) is 18.2 Å². The molecule has 0 unspecified atom stereocenters. The fraction of sp³-hybridized carbons (Fsp3) is 0. The molecule has 2 aromatic rings. The number of benzene rings is 1. The Morgan fingerprint density at radius 2 is 2.18 bits per heavy atom. The molecule has 1 N–H and O–H groups in total. The molecule has 1 radical (unpaired) electrons. The van der Waals surface area contributed by atoms with Crippen LogP contribution in [0.1, 0.15) is 0 Å². The summed E-state index contributed by atoms with van der Waals surface area (Å²) in [6.07, 6.45) is 2.70. The second-order valence-corrected chi connectivity index (χ2v) is 2.32. The van der Waals surface area contributed by atoms with Crippen molar-refractivity contribution < 1.29 is 5.11 Å². The molecule has 1 heterocycles. The van der Waals surface area contributed by atoms with Gasteiger partial charge in [0.1, 0.15) is 5.75 Å². The van der Waals surface area contributed by atoms with Crippen LogP contribution in [0.2, 0.25) is 0 Å². The summed E-state index contributed by atoms with van der Waals surface area (Å²) in [7, 11) is 0. The fourth-order valence-corrected chi connectivity index (χ4v) is 1.00. The first-order chi connectivity index (χ1) is 5.36. The van der Waals surface area contributed by atoms with E-state index in [-0.39, 0.29) is 5.75 Å². The van der Waals surface area contributed by atoms with Gasteiger partial charge in [0.2, 0.25) is 0 Å². The number of phenols is 1. The summed E-state index contributed by atoms with van der Waals surface area (Å²) in [5.41, 5.74) is 0.771. The van der Waals surface area contributed by atoms with Crippen LogP contribution in [0.5, 0.6) is 5.75 Å². The maximum Gasteiger partial charge on any atom is 0.117 e. The van der Waals surface area contributed by atoms with E-state index in [1.165, 1.54) is 0 Å². The van der Waals surface area contributed by atoms with Crippen molar-refractivity contribution in [3.63, 3.8) is 0 Å². The van der Waals surface area contributed by atoms with Crippen molar-refractivity contribution >= 4 is 10.9 Å². The van der Waals surface area contributed by atoms with E-state index in [1.54, 1.807) is 18.2 Å². The highest BCUT2D eigenvalue weighted by Crippen LogP contribution is 2.16. The summed E-state index contributed by atoms with van der Waals surface area (Å²) in [6, 6.07) is 8.74. The lowest BCUT2D eigenvalue weighted by atomic mass is 10.2. The second-order valence-electron chi connectivity index (χ2n) is 2.32. The highest BCUT2D eigenvalue weighted by Gasteiger charge is 1.92. The van der Waals surface area contributed by atoms with Crippen LogP contribution in [0.25, 0.3) is 10.9 Å². The van der Waals surface area contributed by atoms with Gasteiger partial charge in [-0.25, -0.2) is 4.98 Å². The monoisotopic (exact) mass is 144 g/mol. The maximum atomic E-state index is 9.08. The highest BCUT2D eigenvalue weighted by atomic mass is 16.3. The van der Waals surface area contributed by atoms with Crippen LogP contribution in [-0.2, 0) is 0 Å². The number of phenolic OH excluding ortho intramolecular Hbond substituents is 1. The minimum Gasteiger partial charge on any atom is -0.508 e. The quantitative estimate of drug-likeness (QED) is 0.611. The molecule has 0 aliphatic carbocycles. The SMILES string of the molecule is Oc1ccc2cc[c]nc2c1. The molecule has 0 saturated carbocycles. The number of rotatable bonds is 0. The van der Waals surface area contributed by atoms with Crippen molar-refractivity contribution in [2.24, 2.45) is 0 Å². The molecule has 0 saturated heterocycles. The molecular weight excluding hydrogens is 138 g/mol. The zero-order valence-electron chi connectivity index (χ0n) is 5.78. The van der Waals surface area contributed by atoms with Gasteiger partial charge < -0.3 is 5.11 Å². The van der Waals surface area contributed by atoms with Gasteiger partial charge in [0.05, 0.1) is 11.7 Å². The zero-order valence-corrected chi connectivity index (χ0v) is 5.78. The van der Waals surface area contributed by atoms with Crippen molar-refractivity contribution in [1.82, 2.24) is 4.98 Å². The van der Waals surface area contributed by atoms with Gasteiger partial charge in [-0.2, -0.15) is 0 Å². The Hall–Kier alpha value is -1.57. The Balaban J connectivity index is 2.83. The summed E-state index contributed by atoms with van der Waals surface area (Å²) in [5.74, 6) is 0.240. The minimum absolute atomic E-state index is 0.240. The van der Waals surface area contributed by atoms with E-state index in [9.17, 15) is 0 Å². The third kappa shape index (κ3) is 1.03. The Morgan fingerprint density at radius 1 is 1.27 bits per heavy atom. The van der Waals surface area contributed by atoms with Gasteiger partial charge >= 0.3 is 0 Å². The molecule has 2 rings (SSSR count). The predicted octanol–water partition coefficient (Wildman–Crippen LogP) is 1.74. The van der Waals surface area contributed by atoms with Gasteiger partial charge in [-0.3, -0.25) is 0 Å². The van der Waals surface area contributed by atoms with Gasteiger partial charge in [0, 0.05) is 11.5 Å². The number of pyridine rings is 1. The second kappa shape index (κ2) is 2.23. The lowest BCUT2D eigenvalue weighted by molar-refractivity contribution is 0.476. The molecule has 0 fully saturated rings. The summed E-state index contributed by atoms with van der Waals surface area (Å²) >= 11 is 0. The maximum absolute atomic E-state index is 9.08. The largest absolute Gasteiger partial charge is 0.508 e. The van der Waals surface area contributed by atoms with Gasteiger partial charge in [0.15, 0.2) is 0 Å². The van der Waals surface area contributed by atoms with Crippen LogP contribution in [-0.4, -0.2) is 10.1 Å². The lowest BCUT2D eigenvalue weighted by Gasteiger charge is -1.94. The number of hydrogen-bond donors (Lipinski definition) is 1. The van der Waals surface area contributed by atoms with Crippen LogP contribution >= 0.6 is 0 Å². The Labute approximate surface area is 64.1 Å².